The number of hydrogen-bond acceptors (Lipinski definition) is 5. The number of aromatic nitrogens is 2. The number of benzene rings is 1. The van der Waals surface area contributed by atoms with Crippen molar-refractivity contribution in [1.29, 1.82) is 0 Å². The number of halogens is 1. The second-order valence-corrected chi connectivity index (χ2v) is 5.44. The van der Waals surface area contributed by atoms with Crippen molar-refractivity contribution in [2.75, 3.05) is 6.26 Å². The van der Waals surface area contributed by atoms with Crippen LogP contribution in [0.2, 0.25) is 0 Å². The summed E-state index contributed by atoms with van der Waals surface area (Å²) in [5, 5.41) is 9.75. The van der Waals surface area contributed by atoms with Crippen LogP contribution in [0.5, 0.6) is 11.6 Å². The number of ether oxygens (including phenoxy) is 1. The third-order valence-corrected chi connectivity index (χ3v) is 3.75. The highest BCUT2D eigenvalue weighted by atomic mass is 127. The fraction of sp³-hybridized carbons (Fsp3) is 0.0833. The third kappa shape index (κ3) is 3.57. The van der Waals surface area contributed by atoms with Crippen molar-refractivity contribution in [2.24, 2.45) is 0 Å². The van der Waals surface area contributed by atoms with Crippen molar-refractivity contribution in [3.05, 3.63) is 39.7 Å². The Hall–Kier alpha value is -1.35. The van der Waals surface area contributed by atoms with Crippen LogP contribution in [0.3, 0.4) is 0 Å². The highest BCUT2D eigenvalue weighted by Gasteiger charge is 2.09. The summed E-state index contributed by atoms with van der Waals surface area (Å²) in [5.74, 6) is -0.139. The third-order valence-electron chi connectivity index (χ3n) is 2.22. The molecule has 0 aliphatic heterocycles. The number of carbonyl (C=O) groups is 1. The summed E-state index contributed by atoms with van der Waals surface area (Å²) in [7, 11) is 0. The van der Waals surface area contributed by atoms with Gasteiger partial charge in [-0.05, 0) is 47.0 Å². The molecule has 0 unspecified atom stereocenters. The van der Waals surface area contributed by atoms with Crippen LogP contribution in [0.1, 0.15) is 10.4 Å². The fourth-order valence-corrected chi connectivity index (χ4v) is 2.13. The first-order valence-electron chi connectivity index (χ1n) is 5.17. The molecule has 0 saturated heterocycles. The van der Waals surface area contributed by atoms with Crippen molar-refractivity contribution in [1.82, 2.24) is 9.97 Å². The molecule has 98 valence electrons. The maximum Gasteiger partial charge on any atom is 0.335 e. The van der Waals surface area contributed by atoms with Gasteiger partial charge in [0.05, 0.1) is 9.13 Å². The number of aromatic carboxylic acids is 1. The molecule has 1 aromatic heterocycles. The van der Waals surface area contributed by atoms with E-state index in [-0.39, 0.29) is 5.56 Å². The van der Waals surface area contributed by atoms with Crippen LogP contribution >= 0.6 is 34.4 Å². The van der Waals surface area contributed by atoms with Crippen LogP contribution < -0.4 is 4.74 Å². The molecule has 7 heteroatoms. The van der Waals surface area contributed by atoms with Crippen LogP contribution in [0, 0.1) is 3.57 Å². The number of rotatable bonds is 4. The summed E-state index contributed by atoms with van der Waals surface area (Å²) in [6, 6.07) is 6.40. The smallest absolute Gasteiger partial charge is 0.335 e. The van der Waals surface area contributed by atoms with E-state index in [1.165, 1.54) is 30.2 Å². The Balaban J connectivity index is 2.31. The van der Waals surface area contributed by atoms with Gasteiger partial charge < -0.3 is 9.84 Å². The lowest BCUT2D eigenvalue weighted by atomic mass is 10.2. The van der Waals surface area contributed by atoms with Crippen LogP contribution in [0.25, 0.3) is 0 Å². The van der Waals surface area contributed by atoms with Gasteiger partial charge in [0, 0.05) is 6.07 Å². The quantitative estimate of drug-likeness (QED) is 0.493. The van der Waals surface area contributed by atoms with E-state index < -0.39 is 5.97 Å². The molecule has 0 bridgehead atoms. The minimum Gasteiger partial charge on any atom is -0.478 e. The molecule has 1 heterocycles. The molecule has 0 aliphatic rings. The van der Waals surface area contributed by atoms with Gasteiger partial charge in [-0.3, -0.25) is 0 Å². The van der Waals surface area contributed by atoms with Crippen molar-refractivity contribution in [3.63, 3.8) is 0 Å². The molecule has 2 rings (SSSR count). The zero-order valence-electron chi connectivity index (χ0n) is 9.83. The van der Waals surface area contributed by atoms with Gasteiger partial charge in [0.25, 0.3) is 0 Å². The predicted octanol–water partition coefficient (Wildman–Crippen LogP) is 3.29. The van der Waals surface area contributed by atoms with Crippen LogP contribution in [-0.4, -0.2) is 27.3 Å². The zero-order chi connectivity index (χ0) is 13.8. The van der Waals surface area contributed by atoms with Gasteiger partial charge in [-0.25, -0.2) is 14.8 Å². The highest BCUT2D eigenvalue weighted by molar-refractivity contribution is 14.1. The van der Waals surface area contributed by atoms with Gasteiger partial charge in [-0.2, -0.15) is 0 Å². The SMILES string of the molecule is CSc1cc(Oc2cc(C(=O)O)ccc2I)ncn1. The predicted molar refractivity (Wildman–Crippen MR) is 80.0 cm³/mol. The van der Waals surface area contributed by atoms with Crippen molar-refractivity contribution in [2.45, 2.75) is 5.03 Å². The average Bonchev–Trinajstić information content (AvgIpc) is 2.41. The fourth-order valence-electron chi connectivity index (χ4n) is 1.32. The molecule has 0 aliphatic carbocycles. The van der Waals surface area contributed by atoms with Gasteiger partial charge >= 0.3 is 5.97 Å². The van der Waals surface area contributed by atoms with E-state index >= 15 is 0 Å². The number of thioether (sulfide) groups is 1. The van der Waals surface area contributed by atoms with Gasteiger partial charge in [-0.1, -0.05) is 0 Å². The van der Waals surface area contributed by atoms with E-state index in [4.69, 9.17) is 9.84 Å². The molecule has 1 N–H and O–H groups in total. The number of nitrogens with zero attached hydrogens (tertiary/aromatic N) is 2. The Morgan fingerprint density at radius 1 is 1.37 bits per heavy atom. The van der Waals surface area contributed by atoms with E-state index in [0.29, 0.717) is 11.6 Å². The van der Waals surface area contributed by atoms with Crippen molar-refractivity contribution < 1.29 is 14.6 Å². The summed E-state index contributed by atoms with van der Waals surface area (Å²) in [6.45, 7) is 0. The highest BCUT2D eigenvalue weighted by Crippen LogP contribution is 2.27. The van der Waals surface area contributed by atoms with E-state index in [2.05, 4.69) is 32.6 Å². The largest absolute Gasteiger partial charge is 0.478 e. The molecule has 0 spiro atoms. The monoisotopic (exact) mass is 388 g/mol. The van der Waals surface area contributed by atoms with Crippen LogP contribution in [0.15, 0.2) is 35.6 Å². The molecular weight excluding hydrogens is 379 g/mol. The van der Waals surface area contributed by atoms with Crippen LogP contribution in [0.4, 0.5) is 0 Å². The first-order chi connectivity index (χ1) is 9.10. The number of hydrogen-bond donors (Lipinski definition) is 1. The van der Waals surface area contributed by atoms with Crippen molar-refractivity contribution in [3.8, 4) is 11.6 Å². The van der Waals surface area contributed by atoms with E-state index in [1.807, 2.05) is 6.26 Å². The molecular formula is C12H9IN2O3S. The molecule has 2 aromatic rings. The topological polar surface area (TPSA) is 72.3 Å². The Labute approximate surface area is 127 Å². The van der Waals surface area contributed by atoms with E-state index in [9.17, 15) is 4.79 Å². The molecule has 0 fully saturated rings. The second-order valence-electron chi connectivity index (χ2n) is 3.45. The van der Waals surface area contributed by atoms with Gasteiger partial charge in [-0.15, -0.1) is 11.8 Å². The maximum absolute atomic E-state index is 10.9. The number of carboxylic acid groups (broad SMARTS) is 1. The van der Waals surface area contributed by atoms with Gasteiger partial charge in [0.15, 0.2) is 0 Å². The van der Waals surface area contributed by atoms with E-state index in [0.717, 1.165) is 8.60 Å². The summed E-state index contributed by atoms with van der Waals surface area (Å²) in [6.07, 6.45) is 3.32. The Bertz CT molecular complexity index is 622. The lowest BCUT2D eigenvalue weighted by Gasteiger charge is -2.08. The molecule has 0 radical (unpaired) electrons. The van der Waals surface area contributed by atoms with E-state index in [1.54, 1.807) is 12.1 Å². The molecule has 5 nitrogen and oxygen atoms in total. The normalized spacial score (nSPS) is 10.2. The first-order valence-corrected chi connectivity index (χ1v) is 7.47. The minimum atomic E-state index is -0.992. The standard InChI is InChI=1S/C12H9IN2O3S/c1-19-11-5-10(14-6-15-11)18-9-4-7(12(16)17)2-3-8(9)13/h2-6H,1H3,(H,16,17). The maximum atomic E-state index is 10.9. The lowest BCUT2D eigenvalue weighted by Crippen LogP contribution is -1.98. The Kier molecular flexibility index (Phi) is 4.59. The van der Waals surface area contributed by atoms with Gasteiger partial charge in [0.2, 0.25) is 5.88 Å². The lowest BCUT2D eigenvalue weighted by molar-refractivity contribution is 0.0696. The summed E-state index contributed by atoms with van der Waals surface area (Å²) >= 11 is 3.56. The Morgan fingerprint density at radius 2 is 2.16 bits per heavy atom. The molecule has 0 atom stereocenters. The van der Waals surface area contributed by atoms with Gasteiger partial charge in [0.1, 0.15) is 17.1 Å². The molecule has 0 amide bonds. The molecule has 1 aromatic carbocycles. The summed E-state index contributed by atoms with van der Waals surface area (Å²) in [5.41, 5.74) is 0.176. The summed E-state index contributed by atoms with van der Waals surface area (Å²) in [4.78, 5) is 19.0. The van der Waals surface area contributed by atoms with Crippen LogP contribution in [-0.2, 0) is 0 Å². The Morgan fingerprint density at radius 3 is 2.84 bits per heavy atom. The van der Waals surface area contributed by atoms with Crippen molar-refractivity contribution >= 4 is 40.3 Å². The second kappa shape index (κ2) is 6.20. The molecule has 19 heavy (non-hydrogen) atoms. The number of carboxylic acids is 1. The average molecular weight is 388 g/mol. The first kappa shape index (κ1) is 14.1. The zero-order valence-corrected chi connectivity index (χ0v) is 12.8. The summed E-state index contributed by atoms with van der Waals surface area (Å²) < 4.78 is 6.42. The minimum absolute atomic E-state index is 0.176. The molecule has 0 saturated carbocycles.